The highest BCUT2D eigenvalue weighted by atomic mass is 16.6. The predicted octanol–water partition coefficient (Wildman–Crippen LogP) is 1.54. The van der Waals surface area contributed by atoms with E-state index < -0.39 is 27.8 Å². The number of phenols is 1. The van der Waals surface area contributed by atoms with Crippen molar-refractivity contribution in [2.75, 3.05) is 13.1 Å². The van der Waals surface area contributed by atoms with E-state index in [1.54, 1.807) is 12.1 Å². The quantitative estimate of drug-likeness (QED) is 0.619. The van der Waals surface area contributed by atoms with Crippen molar-refractivity contribution in [3.05, 3.63) is 28.5 Å². The molecule has 0 aromatic heterocycles. The molecule has 0 amide bonds. The second kappa shape index (κ2) is 4.43. The van der Waals surface area contributed by atoms with Crippen LogP contribution in [0.5, 0.6) is 11.5 Å². The fourth-order valence-corrected chi connectivity index (χ4v) is 6.55. The maximum absolute atomic E-state index is 13.9. The minimum Gasteiger partial charge on any atom is -0.632 e. The molecule has 3 aliphatic carbocycles. The molecule has 1 aromatic rings. The zero-order chi connectivity index (χ0) is 17.9. The van der Waals surface area contributed by atoms with E-state index in [0.717, 1.165) is 18.4 Å². The van der Waals surface area contributed by atoms with E-state index in [4.69, 9.17) is 4.74 Å². The molecule has 1 saturated heterocycles. The zero-order valence-corrected chi connectivity index (χ0v) is 14.6. The number of carbonyl (C=O) groups excluding carboxylic acids is 1. The zero-order valence-electron chi connectivity index (χ0n) is 14.6. The monoisotopic (exact) mass is 357 g/mol. The molecule has 3 fully saturated rings. The van der Waals surface area contributed by atoms with Gasteiger partial charge in [-0.15, -0.1) is 0 Å². The first-order chi connectivity index (χ1) is 12.4. The van der Waals surface area contributed by atoms with Gasteiger partial charge < -0.3 is 24.8 Å². The van der Waals surface area contributed by atoms with Crippen molar-refractivity contribution in [1.29, 1.82) is 0 Å². The smallest absolute Gasteiger partial charge is 0.174 e. The second-order valence-electron chi connectivity index (χ2n) is 9.07. The van der Waals surface area contributed by atoms with Crippen LogP contribution < -0.4 is 4.74 Å². The second-order valence-corrected chi connectivity index (χ2v) is 9.07. The van der Waals surface area contributed by atoms with Gasteiger partial charge in [0.1, 0.15) is 23.1 Å². The number of nitrogens with zero attached hydrogens (tertiary/aromatic N) is 1. The number of aliphatic hydroxyl groups is 1. The third kappa shape index (κ3) is 1.54. The van der Waals surface area contributed by atoms with Crippen molar-refractivity contribution in [2.24, 2.45) is 5.92 Å². The molecule has 6 nitrogen and oxygen atoms in total. The Bertz CT molecular complexity index is 851. The van der Waals surface area contributed by atoms with E-state index in [1.807, 2.05) is 0 Å². The lowest BCUT2D eigenvalue weighted by Crippen LogP contribution is -2.80. The largest absolute Gasteiger partial charge is 0.632 e. The van der Waals surface area contributed by atoms with Gasteiger partial charge in [0.05, 0.1) is 18.5 Å². The maximum Gasteiger partial charge on any atom is 0.174 e. The van der Waals surface area contributed by atoms with Crippen LogP contribution in [-0.4, -0.2) is 51.5 Å². The molecule has 2 N–H and O–H groups in total. The van der Waals surface area contributed by atoms with E-state index in [0.29, 0.717) is 49.6 Å². The van der Waals surface area contributed by atoms with Crippen molar-refractivity contribution in [3.8, 4) is 11.5 Å². The number of hydroxylamine groups is 3. The van der Waals surface area contributed by atoms with Gasteiger partial charge in [-0.2, -0.15) is 0 Å². The summed E-state index contributed by atoms with van der Waals surface area (Å²) in [7, 11) is 0. The van der Waals surface area contributed by atoms with Crippen LogP contribution in [0.15, 0.2) is 12.1 Å². The van der Waals surface area contributed by atoms with Crippen LogP contribution in [-0.2, 0) is 16.6 Å². The normalized spacial score (nSPS) is 45.2. The number of phenolic OH excluding ortho intramolecular Hbond substituents is 1. The van der Waals surface area contributed by atoms with Crippen LogP contribution in [0.1, 0.15) is 43.2 Å². The maximum atomic E-state index is 13.9. The Kier molecular flexibility index (Phi) is 2.63. The summed E-state index contributed by atoms with van der Waals surface area (Å²) in [6.07, 6.45) is 2.82. The van der Waals surface area contributed by atoms with Gasteiger partial charge in [0.15, 0.2) is 11.9 Å². The molecule has 1 aromatic carbocycles. The number of rotatable bonds is 2. The third-order valence-electron chi connectivity index (χ3n) is 7.87. The van der Waals surface area contributed by atoms with Crippen LogP contribution in [0, 0.1) is 11.1 Å². The van der Waals surface area contributed by atoms with E-state index in [2.05, 4.69) is 0 Å². The average molecular weight is 357 g/mol. The van der Waals surface area contributed by atoms with E-state index >= 15 is 0 Å². The molecule has 6 rings (SSSR count). The number of quaternary nitrogens is 1. The Balaban J connectivity index is 1.61. The van der Waals surface area contributed by atoms with Gasteiger partial charge >= 0.3 is 0 Å². The lowest BCUT2D eigenvalue weighted by atomic mass is 9.48. The summed E-state index contributed by atoms with van der Waals surface area (Å²) < 4.78 is 5.65. The van der Waals surface area contributed by atoms with Gasteiger partial charge in [0.2, 0.25) is 0 Å². The summed E-state index contributed by atoms with van der Waals surface area (Å²) in [5.41, 5.74) is -0.605. The lowest BCUT2D eigenvalue weighted by Gasteiger charge is -2.67. The molecule has 0 radical (unpaired) electrons. The van der Waals surface area contributed by atoms with Crippen LogP contribution in [0.2, 0.25) is 0 Å². The highest BCUT2D eigenvalue weighted by molar-refractivity contribution is 5.89. The molecule has 2 aliphatic heterocycles. The summed E-state index contributed by atoms with van der Waals surface area (Å²) >= 11 is 0. The summed E-state index contributed by atoms with van der Waals surface area (Å²) in [6, 6.07) is 2.75. The number of benzene rings is 1. The summed E-state index contributed by atoms with van der Waals surface area (Å²) in [4.78, 5) is 12.7. The van der Waals surface area contributed by atoms with Gasteiger partial charge in [-0.3, -0.25) is 4.79 Å². The summed E-state index contributed by atoms with van der Waals surface area (Å²) in [5, 5.41) is 36.4. The van der Waals surface area contributed by atoms with Crippen molar-refractivity contribution in [1.82, 2.24) is 0 Å². The molecule has 1 unspecified atom stereocenters. The molecule has 26 heavy (non-hydrogen) atoms. The van der Waals surface area contributed by atoms with Crippen molar-refractivity contribution >= 4 is 5.78 Å². The fraction of sp³-hybridized carbons (Fsp3) is 0.650. The molecule has 2 bridgehead atoms. The van der Waals surface area contributed by atoms with Crippen molar-refractivity contribution < 1.29 is 24.4 Å². The van der Waals surface area contributed by atoms with Gasteiger partial charge in [0.25, 0.3) is 0 Å². The number of aromatic hydroxyl groups is 1. The highest BCUT2D eigenvalue weighted by Gasteiger charge is 2.76. The fourth-order valence-electron chi connectivity index (χ4n) is 6.55. The first kappa shape index (κ1) is 15.4. The first-order valence-corrected chi connectivity index (χ1v) is 9.74. The minimum absolute atomic E-state index is 0.00468. The summed E-state index contributed by atoms with van der Waals surface area (Å²) in [6.45, 7) is 0.948. The van der Waals surface area contributed by atoms with E-state index in [9.17, 15) is 20.2 Å². The number of likely N-dealkylation sites (tertiary alicyclic amines) is 1. The predicted molar refractivity (Wildman–Crippen MR) is 91.6 cm³/mol. The van der Waals surface area contributed by atoms with Crippen LogP contribution in [0.3, 0.4) is 0 Å². The van der Waals surface area contributed by atoms with Crippen LogP contribution in [0.4, 0.5) is 0 Å². The van der Waals surface area contributed by atoms with Gasteiger partial charge in [-0.1, -0.05) is 0 Å². The topological polar surface area (TPSA) is 89.8 Å². The number of piperidine rings is 1. The van der Waals surface area contributed by atoms with Gasteiger partial charge in [0, 0.05) is 36.3 Å². The number of ether oxygens (including phenoxy) is 1. The van der Waals surface area contributed by atoms with Crippen molar-refractivity contribution in [2.45, 2.75) is 61.7 Å². The Morgan fingerprint density at radius 1 is 1.31 bits per heavy atom. The molecular weight excluding hydrogens is 334 g/mol. The number of carbonyl (C=O) groups is 1. The molecule has 138 valence electrons. The third-order valence-corrected chi connectivity index (χ3v) is 7.87. The van der Waals surface area contributed by atoms with Crippen molar-refractivity contribution in [3.63, 3.8) is 0 Å². The Morgan fingerprint density at radius 3 is 2.88 bits per heavy atom. The first-order valence-electron chi connectivity index (χ1n) is 9.74. The van der Waals surface area contributed by atoms with E-state index in [-0.39, 0.29) is 18.0 Å². The number of Topliss-reactive ketones (excluding diaryl/α,β-unsaturated/α-hetero) is 1. The molecule has 2 saturated carbocycles. The van der Waals surface area contributed by atoms with E-state index in [1.165, 1.54) is 0 Å². The molecule has 1 spiro atoms. The summed E-state index contributed by atoms with van der Waals surface area (Å²) in [5.74, 6) is 1.21. The molecule has 2 heterocycles. The highest BCUT2D eigenvalue weighted by Crippen LogP contribution is 2.65. The SMILES string of the molecule is O=C1CC[C@@]2(O)[C@@H]3Cc4c(O)ccc5c4[C@]2(CC[N@+]3([O-])CC2CC2)C1O5. The lowest BCUT2D eigenvalue weighted by molar-refractivity contribution is -0.924. The van der Waals surface area contributed by atoms with Crippen LogP contribution in [0.25, 0.3) is 0 Å². The molecular formula is C20H23NO5. The number of hydrogen-bond acceptors (Lipinski definition) is 5. The standard InChI is InChI=1S/C20H23NO5/c22-13-3-4-15-17-12(13)9-16-20(24)6-5-14(23)18(26-15)19(17,20)7-8-21(16,25)10-11-1-2-11/h3-4,11,16,18,22,24H,1-2,5-10H2/t16-,18?,19+,20+,21-/m0/s1. The van der Waals surface area contributed by atoms with Gasteiger partial charge in [-0.05, 0) is 31.4 Å². The molecule has 6 heteroatoms. The molecule has 5 aliphatic rings. The minimum atomic E-state index is -1.24. The Hall–Kier alpha value is -1.63. The average Bonchev–Trinajstić information content (AvgIpc) is 3.33. The van der Waals surface area contributed by atoms with Crippen LogP contribution >= 0.6 is 0 Å². The molecule has 5 atom stereocenters. The number of ketones is 1. The number of hydrogen-bond donors (Lipinski definition) is 2. The Labute approximate surface area is 151 Å². The van der Waals surface area contributed by atoms with Gasteiger partial charge in [-0.25, -0.2) is 0 Å². The Morgan fingerprint density at radius 2 is 2.12 bits per heavy atom.